The lowest BCUT2D eigenvalue weighted by Crippen LogP contribution is -2.40. The molecule has 0 radical (unpaired) electrons. The van der Waals surface area contributed by atoms with Crippen LogP contribution in [-0.4, -0.2) is 38.0 Å². The van der Waals surface area contributed by atoms with E-state index in [0.717, 1.165) is 11.3 Å². The Hall–Kier alpha value is -1.14. The van der Waals surface area contributed by atoms with Crippen molar-refractivity contribution in [2.45, 2.75) is 6.54 Å². The smallest absolute Gasteiger partial charge is 0.153 e. The molecular formula is C10H15N3O2S. The normalized spacial score (nSPS) is 19.7. The van der Waals surface area contributed by atoms with Gasteiger partial charge in [-0.2, -0.15) is 0 Å². The van der Waals surface area contributed by atoms with Crippen LogP contribution in [0.2, 0.25) is 0 Å². The van der Waals surface area contributed by atoms with Gasteiger partial charge in [0.1, 0.15) is 0 Å². The SMILES string of the molecule is NCc1ccncc1N1CCS(=O)(=O)CC1. The molecule has 0 bridgehead atoms. The number of hydrogen-bond donors (Lipinski definition) is 1. The molecule has 2 N–H and O–H groups in total. The Kier molecular flexibility index (Phi) is 3.11. The summed E-state index contributed by atoms with van der Waals surface area (Å²) in [6, 6.07) is 1.87. The Balaban J connectivity index is 2.20. The first-order valence-electron chi connectivity index (χ1n) is 5.21. The lowest BCUT2D eigenvalue weighted by molar-refractivity contribution is 0.586. The zero-order valence-corrected chi connectivity index (χ0v) is 9.78. The molecule has 6 heteroatoms. The summed E-state index contributed by atoms with van der Waals surface area (Å²) in [5, 5.41) is 0. The van der Waals surface area contributed by atoms with Gasteiger partial charge in [-0.25, -0.2) is 8.42 Å². The minimum absolute atomic E-state index is 0.214. The molecule has 1 aromatic rings. The average Bonchev–Trinajstić information content (AvgIpc) is 2.29. The summed E-state index contributed by atoms with van der Waals surface area (Å²) in [7, 11) is -2.84. The highest BCUT2D eigenvalue weighted by Crippen LogP contribution is 2.20. The Morgan fingerprint density at radius 3 is 2.69 bits per heavy atom. The van der Waals surface area contributed by atoms with E-state index in [4.69, 9.17) is 5.73 Å². The summed E-state index contributed by atoms with van der Waals surface area (Å²) in [6.07, 6.45) is 3.45. The van der Waals surface area contributed by atoms with E-state index in [-0.39, 0.29) is 11.5 Å². The zero-order chi connectivity index (χ0) is 11.6. The summed E-state index contributed by atoms with van der Waals surface area (Å²) in [5.41, 5.74) is 7.60. The van der Waals surface area contributed by atoms with Crippen molar-refractivity contribution < 1.29 is 8.42 Å². The molecule has 88 valence electrons. The van der Waals surface area contributed by atoms with Crippen LogP contribution >= 0.6 is 0 Å². The van der Waals surface area contributed by atoms with Gasteiger partial charge in [0.05, 0.1) is 23.4 Å². The number of hydrogen-bond acceptors (Lipinski definition) is 5. The molecule has 2 heterocycles. The average molecular weight is 241 g/mol. The molecule has 0 atom stereocenters. The highest BCUT2D eigenvalue weighted by Gasteiger charge is 2.22. The molecular weight excluding hydrogens is 226 g/mol. The van der Waals surface area contributed by atoms with E-state index >= 15 is 0 Å². The third-order valence-electron chi connectivity index (χ3n) is 2.79. The van der Waals surface area contributed by atoms with Crippen molar-refractivity contribution in [1.82, 2.24) is 4.98 Å². The van der Waals surface area contributed by atoms with Crippen LogP contribution in [-0.2, 0) is 16.4 Å². The number of aromatic nitrogens is 1. The fourth-order valence-corrected chi connectivity index (χ4v) is 3.03. The first-order chi connectivity index (χ1) is 7.62. The summed E-state index contributed by atoms with van der Waals surface area (Å²) in [4.78, 5) is 6.10. The number of pyridine rings is 1. The second-order valence-electron chi connectivity index (χ2n) is 3.85. The molecule has 1 aliphatic heterocycles. The van der Waals surface area contributed by atoms with E-state index in [1.165, 1.54) is 0 Å². The third kappa shape index (κ3) is 2.33. The largest absolute Gasteiger partial charge is 0.368 e. The van der Waals surface area contributed by atoms with Gasteiger partial charge in [0, 0.05) is 25.8 Å². The van der Waals surface area contributed by atoms with Crippen molar-refractivity contribution in [1.29, 1.82) is 0 Å². The van der Waals surface area contributed by atoms with Crippen LogP contribution in [0.1, 0.15) is 5.56 Å². The molecule has 1 saturated heterocycles. The molecule has 0 aliphatic carbocycles. The topological polar surface area (TPSA) is 76.3 Å². The van der Waals surface area contributed by atoms with Gasteiger partial charge in [0.2, 0.25) is 0 Å². The standard InChI is InChI=1S/C10H15N3O2S/c11-7-9-1-2-12-8-10(9)13-3-5-16(14,15)6-4-13/h1-2,8H,3-7,11H2. The van der Waals surface area contributed by atoms with Crippen molar-refractivity contribution in [3.63, 3.8) is 0 Å². The second-order valence-corrected chi connectivity index (χ2v) is 6.15. The lowest BCUT2D eigenvalue weighted by atomic mass is 10.2. The Bertz CT molecular complexity index is 459. The van der Waals surface area contributed by atoms with E-state index in [1.54, 1.807) is 12.4 Å². The van der Waals surface area contributed by atoms with Gasteiger partial charge >= 0.3 is 0 Å². The maximum atomic E-state index is 11.3. The van der Waals surface area contributed by atoms with Gasteiger partial charge < -0.3 is 10.6 Å². The van der Waals surface area contributed by atoms with Gasteiger partial charge in [-0.05, 0) is 11.6 Å². The fraction of sp³-hybridized carbons (Fsp3) is 0.500. The molecule has 0 aromatic carbocycles. The van der Waals surface area contributed by atoms with E-state index in [1.807, 2.05) is 11.0 Å². The first-order valence-corrected chi connectivity index (χ1v) is 7.03. The Morgan fingerprint density at radius 2 is 2.06 bits per heavy atom. The van der Waals surface area contributed by atoms with Gasteiger partial charge in [-0.15, -0.1) is 0 Å². The van der Waals surface area contributed by atoms with Crippen molar-refractivity contribution in [3.8, 4) is 0 Å². The van der Waals surface area contributed by atoms with Crippen LogP contribution in [0.3, 0.4) is 0 Å². The molecule has 1 aromatic heterocycles. The number of nitrogens with two attached hydrogens (primary N) is 1. The van der Waals surface area contributed by atoms with Crippen molar-refractivity contribution in [2.24, 2.45) is 5.73 Å². The fourth-order valence-electron chi connectivity index (χ4n) is 1.83. The second kappa shape index (κ2) is 4.39. The third-order valence-corrected chi connectivity index (χ3v) is 4.40. The van der Waals surface area contributed by atoms with Crippen LogP contribution in [0.4, 0.5) is 5.69 Å². The van der Waals surface area contributed by atoms with Crippen molar-refractivity contribution in [3.05, 3.63) is 24.0 Å². The van der Waals surface area contributed by atoms with Crippen LogP contribution in [0.15, 0.2) is 18.5 Å². The summed E-state index contributed by atoms with van der Waals surface area (Å²) in [6.45, 7) is 1.50. The Morgan fingerprint density at radius 1 is 1.38 bits per heavy atom. The van der Waals surface area contributed by atoms with Gasteiger partial charge in [-0.3, -0.25) is 4.98 Å². The molecule has 1 aliphatic rings. The van der Waals surface area contributed by atoms with E-state index in [2.05, 4.69) is 4.98 Å². The van der Waals surface area contributed by atoms with Crippen LogP contribution in [0, 0.1) is 0 Å². The molecule has 16 heavy (non-hydrogen) atoms. The molecule has 0 unspecified atom stereocenters. The van der Waals surface area contributed by atoms with Crippen LogP contribution in [0.25, 0.3) is 0 Å². The zero-order valence-electron chi connectivity index (χ0n) is 8.96. The highest BCUT2D eigenvalue weighted by atomic mass is 32.2. The summed E-state index contributed by atoms with van der Waals surface area (Å²) >= 11 is 0. The van der Waals surface area contributed by atoms with E-state index < -0.39 is 9.84 Å². The van der Waals surface area contributed by atoms with E-state index in [9.17, 15) is 8.42 Å². The number of anilines is 1. The first kappa shape index (κ1) is 11.3. The number of rotatable bonds is 2. The van der Waals surface area contributed by atoms with Crippen molar-refractivity contribution in [2.75, 3.05) is 29.5 Å². The quantitative estimate of drug-likeness (QED) is 0.774. The van der Waals surface area contributed by atoms with Gasteiger partial charge in [-0.1, -0.05) is 0 Å². The van der Waals surface area contributed by atoms with E-state index in [0.29, 0.717) is 19.6 Å². The predicted octanol–water partition coefficient (Wildman–Crippen LogP) is -0.225. The number of sulfone groups is 1. The number of nitrogens with zero attached hydrogens (tertiary/aromatic N) is 2. The van der Waals surface area contributed by atoms with Gasteiger partial charge in [0.15, 0.2) is 9.84 Å². The molecule has 1 fully saturated rings. The Labute approximate surface area is 95.2 Å². The minimum Gasteiger partial charge on any atom is -0.368 e. The summed E-state index contributed by atoms with van der Waals surface area (Å²) < 4.78 is 22.6. The molecule has 5 nitrogen and oxygen atoms in total. The maximum absolute atomic E-state index is 11.3. The van der Waals surface area contributed by atoms with Crippen LogP contribution in [0.5, 0.6) is 0 Å². The van der Waals surface area contributed by atoms with Crippen molar-refractivity contribution >= 4 is 15.5 Å². The predicted molar refractivity (Wildman–Crippen MR) is 63.0 cm³/mol. The monoisotopic (exact) mass is 241 g/mol. The highest BCUT2D eigenvalue weighted by molar-refractivity contribution is 7.91. The summed E-state index contributed by atoms with van der Waals surface area (Å²) in [5.74, 6) is 0.428. The molecule has 0 amide bonds. The maximum Gasteiger partial charge on any atom is 0.153 e. The minimum atomic E-state index is -2.84. The lowest BCUT2D eigenvalue weighted by Gasteiger charge is -2.29. The molecule has 0 saturated carbocycles. The molecule has 0 spiro atoms. The molecule has 2 rings (SSSR count). The van der Waals surface area contributed by atoms with Crippen LogP contribution < -0.4 is 10.6 Å². The van der Waals surface area contributed by atoms with Gasteiger partial charge in [0.25, 0.3) is 0 Å².